The van der Waals surface area contributed by atoms with E-state index in [0.717, 1.165) is 12.8 Å². The SMILES string of the molecule is CC(c1ncnn1-c1ncccn1)N(CC1CC1)C(=O)c1cc(Cl)sc1Cl. The predicted octanol–water partition coefficient (Wildman–Crippen LogP) is 4.04. The van der Waals surface area contributed by atoms with Gasteiger partial charge in [-0.25, -0.2) is 15.0 Å². The summed E-state index contributed by atoms with van der Waals surface area (Å²) in [6.07, 6.45) is 6.94. The summed E-state index contributed by atoms with van der Waals surface area (Å²) < 4.78 is 2.44. The summed E-state index contributed by atoms with van der Waals surface area (Å²) in [6.45, 7) is 2.55. The van der Waals surface area contributed by atoms with Crippen LogP contribution in [0.4, 0.5) is 0 Å². The van der Waals surface area contributed by atoms with Crippen LogP contribution < -0.4 is 0 Å². The van der Waals surface area contributed by atoms with Gasteiger partial charge in [0.25, 0.3) is 11.9 Å². The first-order chi connectivity index (χ1) is 13.0. The number of aromatic nitrogens is 5. The summed E-state index contributed by atoms with van der Waals surface area (Å²) in [5, 5.41) is 4.24. The standard InChI is InChI=1S/C17H16Cl2N6OS/c1-10(15-22-9-23-25(15)17-20-5-2-6-21-17)24(8-11-3-4-11)16(26)12-7-13(18)27-14(12)19/h2,5-7,9-11H,3-4,8H2,1H3. The molecule has 1 atom stereocenters. The van der Waals surface area contributed by atoms with E-state index in [9.17, 15) is 4.79 Å². The van der Waals surface area contributed by atoms with Gasteiger partial charge in [-0.05, 0) is 37.8 Å². The van der Waals surface area contributed by atoms with Crippen LogP contribution in [0.1, 0.15) is 42.0 Å². The maximum absolute atomic E-state index is 13.2. The van der Waals surface area contributed by atoms with Gasteiger partial charge in [0, 0.05) is 18.9 Å². The number of carbonyl (C=O) groups excluding carboxylic acids is 1. The van der Waals surface area contributed by atoms with Crippen molar-refractivity contribution in [3.05, 3.63) is 50.9 Å². The van der Waals surface area contributed by atoms with Crippen LogP contribution in [0.15, 0.2) is 30.9 Å². The zero-order valence-electron chi connectivity index (χ0n) is 14.4. The Morgan fingerprint density at radius 3 is 2.70 bits per heavy atom. The fourth-order valence-corrected chi connectivity index (χ4v) is 4.31. The van der Waals surface area contributed by atoms with Gasteiger partial charge in [-0.15, -0.1) is 11.3 Å². The van der Waals surface area contributed by atoms with Crippen LogP contribution >= 0.6 is 34.5 Å². The fraction of sp³-hybridized carbons (Fsp3) is 0.353. The van der Waals surface area contributed by atoms with Crippen molar-refractivity contribution in [2.75, 3.05) is 6.54 Å². The van der Waals surface area contributed by atoms with Crippen LogP contribution in [0.5, 0.6) is 0 Å². The van der Waals surface area contributed by atoms with E-state index in [1.807, 2.05) is 6.92 Å². The fourth-order valence-electron chi connectivity index (χ4n) is 2.87. The van der Waals surface area contributed by atoms with E-state index in [0.29, 0.717) is 38.5 Å². The van der Waals surface area contributed by atoms with Crippen LogP contribution in [0.25, 0.3) is 5.95 Å². The molecule has 10 heteroatoms. The Morgan fingerprint density at radius 1 is 1.33 bits per heavy atom. The summed E-state index contributed by atoms with van der Waals surface area (Å²) >= 11 is 13.5. The third-order valence-electron chi connectivity index (χ3n) is 4.46. The predicted molar refractivity (Wildman–Crippen MR) is 103 cm³/mol. The van der Waals surface area contributed by atoms with Crippen molar-refractivity contribution in [2.24, 2.45) is 5.92 Å². The van der Waals surface area contributed by atoms with Crippen molar-refractivity contribution < 1.29 is 4.79 Å². The first-order valence-corrected chi connectivity index (χ1v) is 10.0. The second kappa shape index (κ2) is 7.53. The summed E-state index contributed by atoms with van der Waals surface area (Å²) in [7, 11) is 0. The van der Waals surface area contributed by atoms with E-state index < -0.39 is 0 Å². The first kappa shape index (κ1) is 18.3. The quantitative estimate of drug-likeness (QED) is 0.598. The molecule has 1 amide bonds. The highest BCUT2D eigenvalue weighted by molar-refractivity contribution is 7.20. The number of amides is 1. The lowest BCUT2D eigenvalue weighted by Crippen LogP contribution is -2.36. The van der Waals surface area contributed by atoms with E-state index in [2.05, 4.69) is 20.1 Å². The minimum atomic E-state index is -0.334. The van der Waals surface area contributed by atoms with E-state index in [4.69, 9.17) is 23.2 Å². The van der Waals surface area contributed by atoms with Gasteiger partial charge in [-0.1, -0.05) is 23.2 Å². The molecule has 3 heterocycles. The molecule has 7 nitrogen and oxygen atoms in total. The van der Waals surface area contributed by atoms with Crippen LogP contribution in [0.2, 0.25) is 8.67 Å². The molecule has 1 aliphatic carbocycles. The van der Waals surface area contributed by atoms with Crippen molar-refractivity contribution in [1.29, 1.82) is 0 Å². The van der Waals surface area contributed by atoms with Gasteiger partial charge in [0.2, 0.25) is 0 Å². The Kier molecular flexibility index (Phi) is 5.12. The molecule has 1 unspecified atom stereocenters. The molecule has 0 N–H and O–H groups in total. The summed E-state index contributed by atoms with van der Waals surface area (Å²) in [4.78, 5) is 27.8. The van der Waals surface area contributed by atoms with Crippen molar-refractivity contribution in [2.45, 2.75) is 25.8 Å². The van der Waals surface area contributed by atoms with Gasteiger partial charge in [0.15, 0.2) is 5.82 Å². The molecule has 140 valence electrons. The molecular formula is C17H16Cl2N6OS. The largest absolute Gasteiger partial charge is 0.328 e. The van der Waals surface area contributed by atoms with Crippen molar-refractivity contribution in [3.8, 4) is 5.95 Å². The second-order valence-corrected chi connectivity index (χ2v) is 8.68. The van der Waals surface area contributed by atoms with E-state index in [1.54, 1.807) is 34.1 Å². The number of hydrogen-bond acceptors (Lipinski definition) is 6. The van der Waals surface area contributed by atoms with E-state index >= 15 is 0 Å². The lowest BCUT2D eigenvalue weighted by molar-refractivity contribution is 0.0671. The van der Waals surface area contributed by atoms with Crippen molar-refractivity contribution in [3.63, 3.8) is 0 Å². The normalized spacial score (nSPS) is 14.9. The minimum absolute atomic E-state index is 0.161. The van der Waals surface area contributed by atoms with Crippen LogP contribution in [-0.4, -0.2) is 42.1 Å². The van der Waals surface area contributed by atoms with Gasteiger partial charge < -0.3 is 4.90 Å². The topological polar surface area (TPSA) is 76.8 Å². The maximum Gasteiger partial charge on any atom is 0.256 e. The van der Waals surface area contributed by atoms with Crippen LogP contribution in [-0.2, 0) is 0 Å². The van der Waals surface area contributed by atoms with E-state index in [1.165, 1.54) is 17.7 Å². The summed E-state index contributed by atoms with van der Waals surface area (Å²) in [5.74, 6) is 1.33. The number of rotatable bonds is 6. The van der Waals surface area contributed by atoms with Crippen molar-refractivity contribution in [1.82, 2.24) is 29.6 Å². The Bertz CT molecular complexity index is 956. The molecule has 0 radical (unpaired) electrons. The lowest BCUT2D eigenvalue weighted by atomic mass is 10.2. The Hall–Kier alpha value is -2.03. The number of hydrogen-bond donors (Lipinski definition) is 0. The number of carbonyl (C=O) groups is 1. The lowest BCUT2D eigenvalue weighted by Gasteiger charge is -2.28. The molecular weight excluding hydrogens is 407 g/mol. The first-order valence-electron chi connectivity index (χ1n) is 8.47. The molecule has 0 spiro atoms. The van der Waals surface area contributed by atoms with Gasteiger partial charge in [-0.3, -0.25) is 4.79 Å². The Morgan fingerprint density at radius 2 is 2.07 bits per heavy atom. The van der Waals surface area contributed by atoms with Crippen molar-refractivity contribution >= 4 is 40.4 Å². The highest BCUT2D eigenvalue weighted by Gasteiger charge is 2.34. The molecule has 0 saturated heterocycles. The van der Waals surface area contributed by atoms with Gasteiger partial charge in [0.05, 0.1) is 15.9 Å². The zero-order chi connectivity index (χ0) is 19.0. The maximum atomic E-state index is 13.2. The van der Waals surface area contributed by atoms with E-state index in [-0.39, 0.29) is 11.9 Å². The number of halogens is 2. The Balaban J connectivity index is 1.68. The highest BCUT2D eigenvalue weighted by Crippen LogP contribution is 2.36. The third kappa shape index (κ3) is 3.83. The molecule has 4 rings (SSSR count). The average molecular weight is 423 g/mol. The molecule has 1 aliphatic rings. The molecule has 0 bridgehead atoms. The van der Waals surface area contributed by atoms with Crippen LogP contribution in [0.3, 0.4) is 0 Å². The molecule has 1 saturated carbocycles. The molecule has 0 aliphatic heterocycles. The highest BCUT2D eigenvalue weighted by atomic mass is 35.5. The monoisotopic (exact) mass is 422 g/mol. The third-order valence-corrected chi connectivity index (χ3v) is 5.94. The molecule has 27 heavy (non-hydrogen) atoms. The van der Waals surface area contributed by atoms with Gasteiger partial charge in [-0.2, -0.15) is 9.78 Å². The second-order valence-electron chi connectivity index (χ2n) is 6.39. The summed E-state index contributed by atoms with van der Waals surface area (Å²) in [5.41, 5.74) is 0.418. The molecule has 1 fully saturated rings. The average Bonchev–Trinajstić information content (AvgIpc) is 3.23. The summed E-state index contributed by atoms with van der Waals surface area (Å²) in [6, 6.07) is 3.02. The van der Waals surface area contributed by atoms with Gasteiger partial charge >= 0.3 is 0 Å². The smallest absolute Gasteiger partial charge is 0.256 e. The van der Waals surface area contributed by atoms with Crippen LogP contribution in [0, 0.1) is 5.92 Å². The number of nitrogens with zero attached hydrogens (tertiary/aromatic N) is 6. The zero-order valence-corrected chi connectivity index (χ0v) is 16.7. The molecule has 3 aromatic heterocycles. The minimum Gasteiger partial charge on any atom is -0.328 e. The van der Waals surface area contributed by atoms with Gasteiger partial charge in [0.1, 0.15) is 10.7 Å². The molecule has 0 aromatic carbocycles. The molecule has 3 aromatic rings. The Labute approximate surface area is 170 Å². The number of thiophene rings is 1.